The van der Waals surface area contributed by atoms with Gasteiger partial charge in [-0.2, -0.15) is 0 Å². The third-order valence-corrected chi connectivity index (χ3v) is 5.28. The van der Waals surface area contributed by atoms with Gasteiger partial charge in [-0.05, 0) is 56.8 Å². The minimum absolute atomic E-state index is 0.819. The first-order valence-corrected chi connectivity index (χ1v) is 9.24. The molecule has 1 saturated carbocycles. The van der Waals surface area contributed by atoms with Crippen molar-refractivity contribution < 1.29 is 0 Å². The van der Waals surface area contributed by atoms with Gasteiger partial charge in [0.05, 0.1) is 17.6 Å². The third-order valence-electron chi connectivity index (χ3n) is 5.28. The highest BCUT2D eigenvalue weighted by Crippen LogP contribution is 2.31. The predicted molar refractivity (Wildman–Crippen MR) is 94.4 cm³/mol. The van der Waals surface area contributed by atoms with E-state index in [1.807, 2.05) is 0 Å². The van der Waals surface area contributed by atoms with Gasteiger partial charge in [-0.15, -0.1) is 0 Å². The highest BCUT2D eigenvalue weighted by atomic mass is 15.2. The van der Waals surface area contributed by atoms with Crippen LogP contribution in [-0.2, 0) is 13.1 Å². The van der Waals surface area contributed by atoms with Crippen molar-refractivity contribution in [2.45, 2.75) is 51.7 Å². The summed E-state index contributed by atoms with van der Waals surface area (Å²) in [7, 11) is 0. The molecule has 124 valence electrons. The number of nitrogens with zero attached hydrogens (tertiary/aromatic N) is 3. The van der Waals surface area contributed by atoms with Crippen LogP contribution in [0.2, 0.25) is 0 Å². The van der Waals surface area contributed by atoms with Gasteiger partial charge >= 0.3 is 0 Å². The van der Waals surface area contributed by atoms with Gasteiger partial charge in [0.1, 0.15) is 5.82 Å². The molecule has 1 N–H and O–H groups in total. The lowest BCUT2D eigenvalue weighted by atomic mass is 10.1. The van der Waals surface area contributed by atoms with E-state index in [1.165, 1.54) is 43.7 Å². The van der Waals surface area contributed by atoms with Crippen LogP contribution >= 0.6 is 0 Å². The maximum atomic E-state index is 4.84. The maximum absolute atomic E-state index is 4.84. The molecule has 2 heterocycles. The minimum Gasteiger partial charge on any atom is -0.327 e. The van der Waals surface area contributed by atoms with Gasteiger partial charge < -0.3 is 14.8 Å². The van der Waals surface area contributed by atoms with Crippen molar-refractivity contribution in [3.05, 3.63) is 30.1 Å². The van der Waals surface area contributed by atoms with E-state index in [-0.39, 0.29) is 0 Å². The lowest BCUT2D eigenvalue weighted by molar-refractivity contribution is 0.311. The number of rotatable bonds is 7. The smallest absolute Gasteiger partial charge is 0.123 e. The average Bonchev–Trinajstić information content (AvgIpc) is 3.22. The fourth-order valence-corrected chi connectivity index (χ4v) is 3.92. The molecule has 2 aromatic rings. The zero-order valence-electron chi connectivity index (χ0n) is 14.2. The molecule has 1 saturated heterocycles. The van der Waals surface area contributed by atoms with Crippen molar-refractivity contribution in [1.29, 1.82) is 0 Å². The van der Waals surface area contributed by atoms with Crippen LogP contribution in [0.1, 0.15) is 38.4 Å². The quantitative estimate of drug-likeness (QED) is 0.853. The number of aryl methyl sites for hydroxylation is 1. The Balaban J connectivity index is 1.36. The Bertz CT molecular complexity index is 658. The van der Waals surface area contributed by atoms with Crippen molar-refractivity contribution in [3.63, 3.8) is 0 Å². The van der Waals surface area contributed by atoms with Crippen LogP contribution in [0.5, 0.6) is 0 Å². The number of fused-ring (bicyclic) bond motifs is 1. The Morgan fingerprint density at radius 1 is 1.22 bits per heavy atom. The molecule has 0 bridgehead atoms. The number of likely N-dealkylation sites (tertiary alicyclic amines) is 1. The summed E-state index contributed by atoms with van der Waals surface area (Å²) < 4.78 is 2.38. The van der Waals surface area contributed by atoms with Crippen LogP contribution in [0.15, 0.2) is 24.3 Å². The predicted octanol–water partition coefficient (Wildman–Crippen LogP) is 3.02. The Morgan fingerprint density at radius 2 is 2.09 bits per heavy atom. The second kappa shape index (κ2) is 6.62. The number of para-hydroxylation sites is 2. The topological polar surface area (TPSA) is 33.1 Å². The third kappa shape index (κ3) is 3.29. The summed E-state index contributed by atoms with van der Waals surface area (Å²) in [6.07, 6.45) is 5.36. The van der Waals surface area contributed by atoms with Crippen molar-refractivity contribution >= 4 is 11.0 Å². The van der Waals surface area contributed by atoms with Crippen LogP contribution in [0.4, 0.5) is 0 Å². The maximum Gasteiger partial charge on any atom is 0.123 e. The Morgan fingerprint density at radius 3 is 2.91 bits per heavy atom. The average molecular weight is 312 g/mol. The Labute approximate surface area is 138 Å². The molecular formula is C19H28N4. The molecule has 1 aliphatic heterocycles. The lowest BCUT2D eigenvalue weighted by Crippen LogP contribution is -2.28. The summed E-state index contributed by atoms with van der Waals surface area (Å²) in [5.74, 6) is 2.00. The van der Waals surface area contributed by atoms with Gasteiger partial charge in [0.2, 0.25) is 0 Å². The summed E-state index contributed by atoms with van der Waals surface area (Å²) in [4.78, 5) is 7.53. The normalized spacial score (nSPS) is 22.2. The first-order valence-electron chi connectivity index (χ1n) is 9.24. The molecule has 2 fully saturated rings. The number of aromatic nitrogens is 2. The molecule has 1 unspecified atom stereocenters. The van der Waals surface area contributed by atoms with E-state index in [2.05, 4.69) is 46.0 Å². The number of hydrogen-bond donors (Lipinski definition) is 1. The lowest BCUT2D eigenvalue weighted by Gasteiger charge is -2.15. The van der Waals surface area contributed by atoms with Crippen LogP contribution in [0, 0.1) is 5.92 Å². The highest BCUT2D eigenvalue weighted by molar-refractivity contribution is 5.75. The first kappa shape index (κ1) is 15.2. The van der Waals surface area contributed by atoms with Crippen LogP contribution in [-0.4, -0.2) is 40.1 Å². The largest absolute Gasteiger partial charge is 0.327 e. The summed E-state index contributed by atoms with van der Waals surface area (Å²) >= 11 is 0. The number of benzene rings is 1. The molecule has 2 aliphatic rings. The van der Waals surface area contributed by atoms with Gasteiger partial charge in [0, 0.05) is 19.1 Å². The van der Waals surface area contributed by atoms with Crippen LogP contribution < -0.4 is 5.32 Å². The number of hydrogen-bond acceptors (Lipinski definition) is 3. The van der Waals surface area contributed by atoms with Crippen molar-refractivity contribution in [2.24, 2.45) is 5.92 Å². The molecule has 1 atom stereocenters. The standard InChI is InChI=1S/C19H28N4/c1-2-10-23-18-6-4-3-5-17(18)21-19(23)13-20-12-15-9-11-22(14-15)16-7-8-16/h3-6,15-16,20H,2,7-14H2,1H3. The van der Waals surface area contributed by atoms with Crippen molar-refractivity contribution in [3.8, 4) is 0 Å². The fraction of sp³-hybridized carbons (Fsp3) is 0.632. The van der Waals surface area contributed by atoms with Gasteiger partial charge in [-0.3, -0.25) is 0 Å². The molecule has 1 aliphatic carbocycles. The summed E-state index contributed by atoms with van der Waals surface area (Å²) in [6.45, 7) is 7.90. The molecule has 4 nitrogen and oxygen atoms in total. The zero-order chi connectivity index (χ0) is 15.6. The molecule has 23 heavy (non-hydrogen) atoms. The summed E-state index contributed by atoms with van der Waals surface area (Å²) in [5.41, 5.74) is 2.39. The van der Waals surface area contributed by atoms with Gasteiger partial charge in [-0.1, -0.05) is 19.1 Å². The van der Waals surface area contributed by atoms with E-state index in [9.17, 15) is 0 Å². The van der Waals surface area contributed by atoms with E-state index in [0.29, 0.717) is 0 Å². The molecule has 1 aromatic carbocycles. The van der Waals surface area contributed by atoms with Gasteiger partial charge in [-0.25, -0.2) is 4.98 Å². The van der Waals surface area contributed by atoms with Crippen LogP contribution in [0.3, 0.4) is 0 Å². The molecule has 0 radical (unpaired) electrons. The second-order valence-electron chi connectivity index (χ2n) is 7.18. The molecule has 4 rings (SSSR count). The Kier molecular flexibility index (Phi) is 4.36. The minimum atomic E-state index is 0.819. The fourth-order valence-electron chi connectivity index (χ4n) is 3.92. The van der Waals surface area contributed by atoms with Crippen molar-refractivity contribution in [2.75, 3.05) is 19.6 Å². The van der Waals surface area contributed by atoms with Crippen LogP contribution in [0.25, 0.3) is 11.0 Å². The second-order valence-corrected chi connectivity index (χ2v) is 7.18. The van der Waals surface area contributed by atoms with E-state index in [0.717, 1.165) is 43.5 Å². The molecule has 1 aromatic heterocycles. The zero-order valence-corrected chi connectivity index (χ0v) is 14.2. The Hall–Kier alpha value is -1.39. The summed E-state index contributed by atoms with van der Waals surface area (Å²) in [5, 5.41) is 3.67. The monoisotopic (exact) mass is 312 g/mol. The number of imidazole rings is 1. The molecule has 0 amide bonds. The molecule has 4 heteroatoms. The van der Waals surface area contributed by atoms with Crippen molar-refractivity contribution in [1.82, 2.24) is 19.8 Å². The number of nitrogens with one attached hydrogen (secondary N) is 1. The van der Waals surface area contributed by atoms with E-state index in [1.54, 1.807) is 0 Å². The van der Waals surface area contributed by atoms with E-state index >= 15 is 0 Å². The molecular weight excluding hydrogens is 284 g/mol. The van der Waals surface area contributed by atoms with E-state index in [4.69, 9.17) is 4.98 Å². The van der Waals surface area contributed by atoms with Gasteiger partial charge in [0.15, 0.2) is 0 Å². The highest BCUT2D eigenvalue weighted by Gasteiger charge is 2.34. The van der Waals surface area contributed by atoms with E-state index < -0.39 is 0 Å². The summed E-state index contributed by atoms with van der Waals surface area (Å²) in [6, 6.07) is 9.42. The first-order chi connectivity index (χ1) is 11.3. The SMILES string of the molecule is CCCn1c(CNCC2CCN(C3CC3)C2)nc2ccccc21. The molecule has 0 spiro atoms. The van der Waals surface area contributed by atoms with Gasteiger partial charge in [0.25, 0.3) is 0 Å².